The summed E-state index contributed by atoms with van der Waals surface area (Å²) in [4.78, 5) is 8.12. The van der Waals surface area contributed by atoms with Crippen LogP contribution in [0, 0.1) is 0 Å². The van der Waals surface area contributed by atoms with E-state index in [1.807, 2.05) is 6.92 Å². The van der Waals surface area contributed by atoms with Crippen molar-refractivity contribution >= 4 is 10.0 Å². The molecule has 0 amide bonds. The van der Waals surface area contributed by atoms with Crippen molar-refractivity contribution in [3.63, 3.8) is 0 Å². The van der Waals surface area contributed by atoms with E-state index in [1.165, 1.54) is 0 Å². The maximum atomic E-state index is 12.3. The SMILES string of the molecule is CCCS(=O)(=O)N1CCC[C@]2(C[C@@H](Oc3ncccn3)CO2)C1. The summed E-state index contributed by atoms with van der Waals surface area (Å²) in [6, 6.07) is 2.07. The first-order valence-corrected chi connectivity index (χ1v) is 9.69. The fraction of sp³-hybridized carbons (Fsp3) is 0.733. The van der Waals surface area contributed by atoms with Crippen LogP contribution >= 0.6 is 0 Å². The molecule has 1 aromatic heterocycles. The third-order valence-corrected chi connectivity index (χ3v) is 6.37. The van der Waals surface area contributed by atoms with Crippen molar-refractivity contribution in [1.29, 1.82) is 0 Å². The van der Waals surface area contributed by atoms with Crippen molar-refractivity contribution in [3.8, 4) is 6.01 Å². The Morgan fingerprint density at radius 3 is 2.96 bits per heavy atom. The Bertz CT molecular complexity index is 625. The van der Waals surface area contributed by atoms with Crippen LogP contribution in [-0.2, 0) is 14.8 Å². The summed E-state index contributed by atoms with van der Waals surface area (Å²) in [5.41, 5.74) is -0.432. The topological polar surface area (TPSA) is 81.6 Å². The van der Waals surface area contributed by atoms with Crippen LogP contribution in [0.15, 0.2) is 18.5 Å². The highest BCUT2D eigenvalue weighted by molar-refractivity contribution is 7.89. The smallest absolute Gasteiger partial charge is 0.316 e. The molecule has 128 valence electrons. The molecule has 0 N–H and O–H groups in total. The molecule has 8 heteroatoms. The highest BCUT2D eigenvalue weighted by Gasteiger charge is 2.46. The molecule has 1 spiro atoms. The monoisotopic (exact) mass is 341 g/mol. The van der Waals surface area contributed by atoms with Gasteiger partial charge in [0.25, 0.3) is 0 Å². The summed E-state index contributed by atoms with van der Waals surface area (Å²) in [5, 5.41) is 0. The van der Waals surface area contributed by atoms with E-state index >= 15 is 0 Å². The minimum absolute atomic E-state index is 0.133. The zero-order chi connectivity index (χ0) is 16.3. The molecule has 0 radical (unpaired) electrons. The summed E-state index contributed by atoms with van der Waals surface area (Å²) in [7, 11) is -3.19. The minimum Gasteiger partial charge on any atom is -0.458 e. The van der Waals surface area contributed by atoms with Crippen molar-refractivity contribution in [3.05, 3.63) is 18.5 Å². The van der Waals surface area contributed by atoms with Crippen molar-refractivity contribution in [2.45, 2.75) is 44.3 Å². The third-order valence-electron chi connectivity index (χ3n) is 4.35. The molecule has 0 aromatic carbocycles. The van der Waals surface area contributed by atoms with Crippen LogP contribution in [-0.4, -0.2) is 59.8 Å². The van der Waals surface area contributed by atoms with Crippen LogP contribution in [0.1, 0.15) is 32.6 Å². The average molecular weight is 341 g/mol. The number of hydrogen-bond acceptors (Lipinski definition) is 6. The maximum Gasteiger partial charge on any atom is 0.316 e. The highest BCUT2D eigenvalue weighted by atomic mass is 32.2. The molecule has 2 aliphatic heterocycles. The van der Waals surface area contributed by atoms with Gasteiger partial charge in [-0.2, -0.15) is 4.31 Å². The van der Waals surface area contributed by atoms with E-state index in [4.69, 9.17) is 9.47 Å². The lowest BCUT2D eigenvalue weighted by Gasteiger charge is -2.38. The highest BCUT2D eigenvalue weighted by Crippen LogP contribution is 2.36. The van der Waals surface area contributed by atoms with Gasteiger partial charge in [-0.05, 0) is 25.3 Å². The molecule has 2 fully saturated rings. The van der Waals surface area contributed by atoms with Gasteiger partial charge >= 0.3 is 6.01 Å². The van der Waals surface area contributed by atoms with E-state index in [0.29, 0.717) is 38.5 Å². The fourth-order valence-electron chi connectivity index (χ4n) is 3.34. The van der Waals surface area contributed by atoms with Gasteiger partial charge in [-0.3, -0.25) is 0 Å². The Morgan fingerprint density at radius 1 is 1.43 bits per heavy atom. The quantitative estimate of drug-likeness (QED) is 0.801. The lowest BCUT2D eigenvalue weighted by atomic mass is 9.90. The van der Waals surface area contributed by atoms with Gasteiger partial charge in [-0.15, -0.1) is 0 Å². The molecule has 0 unspecified atom stereocenters. The van der Waals surface area contributed by atoms with Crippen LogP contribution in [0.5, 0.6) is 6.01 Å². The molecule has 7 nitrogen and oxygen atoms in total. The molecular formula is C15H23N3O4S. The number of aromatic nitrogens is 2. The van der Waals surface area contributed by atoms with Crippen LogP contribution in [0.2, 0.25) is 0 Å². The molecule has 0 aliphatic carbocycles. The summed E-state index contributed by atoms with van der Waals surface area (Å²) in [6.45, 7) is 3.33. The Labute approximate surface area is 137 Å². The van der Waals surface area contributed by atoms with E-state index in [9.17, 15) is 8.42 Å². The van der Waals surface area contributed by atoms with Gasteiger partial charge in [0.1, 0.15) is 6.10 Å². The maximum absolute atomic E-state index is 12.3. The second-order valence-corrected chi connectivity index (χ2v) is 8.31. The number of piperidine rings is 1. The van der Waals surface area contributed by atoms with Crippen molar-refractivity contribution in [2.24, 2.45) is 0 Å². The predicted molar refractivity (Wildman–Crippen MR) is 84.6 cm³/mol. The first kappa shape index (κ1) is 16.6. The van der Waals surface area contributed by atoms with Crippen LogP contribution < -0.4 is 4.74 Å². The Balaban J connectivity index is 1.64. The second-order valence-electron chi connectivity index (χ2n) is 6.22. The summed E-state index contributed by atoms with van der Waals surface area (Å²) in [6.07, 6.45) is 6.11. The van der Waals surface area contributed by atoms with Gasteiger partial charge in [0, 0.05) is 31.9 Å². The standard InChI is InChI=1S/C15H23N3O4S/c1-2-9-23(19,20)18-8-3-5-15(12-18)10-13(11-21-15)22-14-16-6-4-7-17-14/h4,6-7,13H,2-3,5,8-12H2,1H3/t13-,15+/m1/s1. The van der Waals surface area contributed by atoms with Gasteiger partial charge < -0.3 is 9.47 Å². The summed E-state index contributed by atoms with van der Waals surface area (Å²) < 4.78 is 38.0. The number of rotatable bonds is 5. The van der Waals surface area contributed by atoms with E-state index in [0.717, 1.165) is 12.8 Å². The number of ether oxygens (including phenoxy) is 2. The van der Waals surface area contributed by atoms with Gasteiger partial charge in [0.2, 0.25) is 10.0 Å². The Hall–Kier alpha value is -1.25. The number of nitrogens with zero attached hydrogens (tertiary/aromatic N) is 3. The van der Waals surface area contributed by atoms with Gasteiger partial charge in [0.05, 0.1) is 18.0 Å². The minimum atomic E-state index is -3.19. The molecule has 3 heterocycles. The van der Waals surface area contributed by atoms with Gasteiger partial charge in [0.15, 0.2) is 0 Å². The first-order chi connectivity index (χ1) is 11.0. The first-order valence-electron chi connectivity index (χ1n) is 8.08. The van der Waals surface area contributed by atoms with E-state index < -0.39 is 15.6 Å². The lowest BCUT2D eigenvalue weighted by molar-refractivity contribution is -0.0339. The van der Waals surface area contributed by atoms with E-state index in [2.05, 4.69) is 9.97 Å². The van der Waals surface area contributed by atoms with Gasteiger partial charge in [-0.1, -0.05) is 6.92 Å². The molecule has 2 atom stereocenters. The molecule has 3 rings (SSSR count). The van der Waals surface area contributed by atoms with E-state index in [-0.39, 0.29) is 11.9 Å². The third kappa shape index (κ3) is 3.81. The van der Waals surface area contributed by atoms with Crippen molar-refractivity contribution in [1.82, 2.24) is 14.3 Å². The number of sulfonamides is 1. The van der Waals surface area contributed by atoms with Crippen LogP contribution in [0.25, 0.3) is 0 Å². The fourth-order valence-corrected chi connectivity index (χ4v) is 4.95. The molecule has 23 heavy (non-hydrogen) atoms. The molecule has 2 aliphatic rings. The van der Waals surface area contributed by atoms with E-state index in [1.54, 1.807) is 22.8 Å². The van der Waals surface area contributed by atoms with Crippen LogP contribution in [0.4, 0.5) is 0 Å². The molecule has 2 saturated heterocycles. The largest absolute Gasteiger partial charge is 0.458 e. The molecule has 1 aromatic rings. The summed E-state index contributed by atoms with van der Waals surface area (Å²) in [5.74, 6) is 0.195. The molecular weight excluding hydrogens is 318 g/mol. The lowest BCUT2D eigenvalue weighted by Crippen LogP contribution is -2.50. The second kappa shape index (κ2) is 6.70. The van der Waals surface area contributed by atoms with Crippen molar-refractivity contribution in [2.75, 3.05) is 25.4 Å². The molecule has 0 bridgehead atoms. The van der Waals surface area contributed by atoms with Gasteiger partial charge in [-0.25, -0.2) is 18.4 Å². The number of hydrogen-bond donors (Lipinski definition) is 0. The predicted octanol–water partition coefficient (Wildman–Crippen LogP) is 1.22. The normalized spacial score (nSPS) is 29.0. The Kier molecular flexibility index (Phi) is 4.84. The van der Waals surface area contributed by atoms with Crippen molar-refractivity contribution < 1.29 is 17.9 Å². The zero-order valence-electron chi connectivity index (χ0n) is 13.3. The Morgan fingerprint density at radius 2 is 2.22 bits per heavy atom. The van der Waals surface area contributed by atoms with Crippen LogP contribution in [0.3, 0.4) is 0 Å². The zero-order valence-corrected chi connectivity index (χ0v) is 14.2. The average Bonchev–Trinajstić information content (AvgIpc) is 2.90. The summed E-state index contributed by atoms with van der Waals surface area (Å²) >= 11 is 0. The molecule has 0 saturated carbocycles.